The number of anilines is 1. The molecule has 0 bridgehead atoms. The molecule has 10 heteroatoms. The number of carbonyl (C=O) groups excluding carboxylic acids is 2. The van der Waals surface area contributed by atoms with Crippen LogP contribution in [0.1, 0.15) is 43.4 Å². The lowest BCUT2D eigenvalue weighted by Crippen LogP contribution is -2.37. The van der Waals surface area contributed by atoms with Gasteiger partial charge in [-0.2, -0.15) is 13.2 Å². The standard InChI is InChI=1S/C31H33F3N2O4S/c1-3-41(39,40)27-11-4-22(5-12-27)20-30(38)35-26-9-7-25(8-10-26)28-13-6-24(19-29(28)31(32,33)34)18-23-14-16-36(17-15-23)21(2)37/h4-13,19,23H,3,14-18,20H2,1-2H3,(H,35,38). The fourth-order valence-corrected chi connectivity index (χ4v) is 5.98. The number of alkyl halides is 3. The lowest BCUT2D eigenvalue weighted by Gasteiger charge is -2.31. The van der Waals surface area contributed by atoms with Gasteiger partial charge in [-0.3, -0.25) is 9.59 Å². The Morgan fingerprint density at radius 3 is 2.10 bits per heavy atom. The zero-order valence-electron chi connectivity index (χ0n) is 23.0. The van der Waals surface area contributed by atoms with Crippen molar-refractivity contribution in [3.05, 3.63) is 83.4 Å². The van der Waals surface area contributed by atoms with Crippen LogP contribution in [0.15, 0.2) is 71.6 Å². The van der Waals surface area contributed by atoms with Gasteiger partial charge in [-0.1, -0.05) is 43.3 Å². The van der Waals surface area contributed by atoms with E-state index in [0.29, 0.717) is 41.9 Å². The van der Waals surface area contributed by atoms with Gasteiger partial charge in [0.15, 0.2) is 9.84 Å². The van der Waals surface area contributed by atoms with Crippen molar-refractivity contribution in [3.8, 4) is 11.1 Å². The van der Waals surface area contributed by atoms with Gasteiger partial charge in [0.1, 0.15) is 0 Å². The fraction of sp³-hybridized carbons (Fsp3) is 0.355. The average Bonchev–Trinajstić information content (AvgIpc) is 2.93. The average molecular weight is 587 g/mol. The first-order valence-electron chi connectivity index (χ1n) is 13.5. The maximum atomic E-state index is 14.1. The molecule has 0 aromatic heterocycles. The SMILES string of the molecule is CCS(=O)(=O)c1ccc(CC(=O)Nc2ccc(-c3ccc(CC4CCN(C(C)=O)CC4)cc3C(F)(F)F)cc2)cc1. The number of nitrogens with zero attached hydrogens (tertiary/aromatic N) is 1. The molecule has 1 heterocycles. The van der Waals surface area contributed by atoms with E-state index in [9.17, 15) is 31.2 Å². The molecule has 2 amide bonds. The smallest absolute Gasteiger partial charge is 0.343 e. The number of halogens is 3. The van der Waals surface area contributed by atoms with Crippen molar-refractivity contribution < 1.29 is 31.2 Å². The Morgan fingerprint density at radius 2 is 1.54 bits per heavy atom. The number of carbonyl (C=O) groups is 2. The molecule has 1 saturated heterocycles. The van der Waals surface area contributed by atoms with Crippen LogP contribution in [0.3, 0.4) is 0 Å². The fourth-order valence-electron chi connectivity index (χ4n) is 5.09. The van der Waals surface area contributed by atoms with Gasteiger partial charge in [0, 0.05) is 25.7 Å². The summed E-state index contributed by atoms with van der Waals surface area (Å²) < 4.78 is 66.1. The van der Waals surface area contributed by atoms with Gasteiger partial charge in [-0.05, 0) is 77.8 Å². The van der Waals surface area contributed by atoms with Crippen LogP contribution in [0.5, 0.6) is 0 Å². The second-order valence-electron chi connectivity index (χ2n) is 10.4. The first kappa shape index (κ1) is 30.3. The third-order valence-electron chi connectivity index (χ3n) is 7.48. The van der Waals surface area contributed by atoms with Gasteiger partial charge in [0.2, 0.25) is 11.8 Å². The molecular formula is C31H33F3N2O4S. The van der Waals surface area contributed by atoms with E-state index in [1.165, 1.54) is 31.2 Å². The monoisotopic (exact) mass is 586 g/mol. The second-order valence-corrected chi connectivity index (χ2v) is 12.7. The topological polar surface area (TPSA) is 83.6 Å². The molecule has 0 aliphatic carbocycles. The van der Waals surface area contributed by atoms with E-state index >= 15 is 0 Å². The Balaban J connectivity index is 1.42. The molecule has 4 rings (SSSR count). The summed E-state index contributed by atoms with van der Waals surface area (Å²) in [6, 6.07) is 16.8. The minimum atomic E-state index is -4.54. The van der Waals surface area contributed by atoms with Crippen LogP contribution in [-0.4, -0.2) is 44.0 Å². The zero-order chi connectivity index (χ0) is 29.8. The molecule has 0 atom stereocenters. The summed E-state index contributed by atoms with van der Waals surface area (Å²) in [5.74, 6) is -0.101. The highest BCUT2D eigenvalue weighted by atomic mass is 32.2. The highest BCUT2D eigenvalue weighted by Crippen LogP contribution is 2.38. The number of rotatable bonds is 8. The lowest BCUT2D eigenvalue weighted by atomic mass is 9.88. The number of sulfone groups is 1. The van der Waals surface area contributed by atoms with Crippen molar-refractivity contribution >= 4 is 27.3 Å². The van der Waals surface area contributed by atoms with Gasteiger partial charge in [-0.15, -0.1) is 0 Å². The Morgan fingerprint density at radius 1 is 0.927 bits per heavy atom. The van der Waals surface area contributed by atoms with Crippen molar-refractivity contribution in [3.63, 3.8) is 0 Å². The van der Waals surface area contributed by atoms with Crippen LogP contribution in [-0.2, 0) is 38.4 Å². The number of hydrogen-bond acceptors (Lipinski definition) is 4. The van der Waals surface area contributed by atoms with Crippen LogP contribution < -0.4 is 5.32 Å². The van der Waals surface area contributed by atoms with E-state index in [4.69, 9.17) is 0 Å². The van der Waals surface area contributed by atoms with Gasteiger partial charge >= 0.3 is 6.18 Å². The van der Waals surface area contributed by atoms with Gasteiger partial charge in [0.25, 0.3) is 0 Å². The molecule has 0 spiro atoms. The Labute approximate surface area is 238 Å². The third kappa shape index (κ3) is 7.75. The van der Waals surface area contributed by atoms with E-state index in [1.54, 1.807) is 54.3 Å². The highest BCUT2D eigenvalue weighted by molar-refractivity contribution is 7.91. The molecule has 1 fully saturated rings. The van der Waals surface area contributed by atoms with Crippen LogP contribution >= 0.6 is 0 Å². The van der Waals surface area contributed by atoms with Crippen LogP contribution in [0.4, 0.5) is 18.9 Å². The summed E-state index contributed by atoms with van der Waals surface area (Å²) in [5.41, 5.74) is 1.42. The summed E-state index contributed by atoms with van der Waals surface area (Å²) in [4.78, 5) is 26.0. The summed E-state index contributed by atoms with van der Waals surface area (Å²) in [6.45, 7) is 4.34. The van der Waals surface area contributed by atoms with Gasteiger partial charge in [-0.25, -0.2) is 8.42 Å². The lowest BCUT2D eigenvalue weighted by molar-refractivity contribution is -0.137. The molecular weight excluding hydrogens is 553 g/mol. The normalized spacial score (nSPS) is 14.6. The number of likely N-dealkylation sites (tertiary alicyclic amines) is 1. The van der Waals surface area contributed by atoms with Crippen molar-refractivity contribution in [2.75, 3.05) is 24.2 Å². The molecule has 41 heavy (non-hydrogen) atoms. The maximum absolute atomic E-state index is 14.1. The molecule has 3 aromatic rings. The predicted octanol–water partition coefficient (Wildman–Crippen LogP) is 6.15. The maximum Gasteiger partial charge on any atom is 0.417 e. The second kappa shape index (κ2) is 12.5. The summed E-state index contributed by atoms with van der Waals surface area (Å²) in [7, 11) is -3.33. The third-order valence-corrected chi connectivity index (χ3v) is 9.23. The molecule has 1 aliphatic rings. The van der Waals surface area contributed by atoms with Crippen molar-refractivity contribution in [1.29, 1.82) is 0 Å². The van der Waals surface area contributed by atoms with E-state index in [0.717, 1.165) is 12.8 Å². The first-order chi connectivity index (χ1) is 19.4. The molecule has 1 aliphatic heterocycles. The summed E-state index contributed by atoms with van der Waals surface area (Å²) in [5, 5.41) is 2.73. The van der Waals surface area contributed by atoms with E-state index in [-0.39, 0.29) is 40.4 Å². The minimum absolute atomic E-state index is 0.0138. The molecule has 218 valence electrons. The number of hydrogen-bond donors (Lipinski definition) is 1. The molecule has 0 saturated carbocycles. The van der Waals surface area contributed by atoms with Crippen LogP contribution in [0.25, 0.3) is 11.1 Å². The Hall–Kier alpha value is -3.66. The van der Waals surface area contributed by atoms with Crippen LogP contribution in [0.2, 0.25) is 0 Å². The molecule has 0 unspecified atom stereocenters. The number of nitrogens with one attached hydrogen (secondary N) is 1. The van der Waals surface area contributed by atoms with Crippen LogP contribution in [0, 0.1) is 5.92 Å². The number of piperidine rings is 1. The van der Waals surface area contributed by atoms with Gasteiger partial charge < -0.3 is 10.2 Å². The quantitative estimate of drug-likeness (QED) is 0.343. The van der Waals surface area contributed by atoms with Crippen molar-refractivity contribution in [2.45, 2.75) is 50.6 Å². The number of amides is 2. The van der Waals surface area contributed by atoms with Crippen molar-refractivity contribution in [2.24, 2.45) is 5.92 Å². The summed E-state index contributed by atoms with van der Waals surface area (Å²) in [6.07, 6.45) is -2.47. The molecule has 3 aromatic carbocycles. The Kier molecular flexibility index (Phi) is 9.21. The molecule has 0 radical (unpaired) electrons. The molecule has 1 N–H and O–H groups in total. The predicted molar refractivity (Wildman–Crippen MR) is 152 cm³/mol. The first-order valence-corrected chi connectivity index (χ1v) is 15.2. The summed E-state index contributed by atoms with van der Waals surface area (Å²) >= 11 is 0. The van der Waals surface area contributed by atoms with E-state index in [2.05, 4.69) is 5.32 Å². The number of benzene rings is 3. The van der Waals surface area contributed by atoms with Gasteiger partial charge in [0.05, 0.1) is 22.6 Å². The van der Waals surface area contributed by atoms with Crippen molar-refractivity contribution in [1.82, 2.24) is 4.90 Å². The zero-order valence-corrected chi connectivity index (χ0v) is 23.8. The largest absolute Gasteiger partial charge is 0.417 e. The highest BCUT2D eigenvalue weighted by Gasteiger charge is 2.34. The molecule has 6 nitrogen and oxygen atoms in total. The Bertz CT molecular complexity index is 1490. The van der Waals surface area contributed by atoms with E-state index in [1.807, 2.05) is 0 Å². The van der Waals surface area contributed by atoms with E-state index < -0.39 is 21.6 Å². The minimum Gasteiger partial charge on any atom is -0.343 e.